The number of ether oxygens (including phenoxy) is 1. The van der Waals surface area contributed by atoms with Crippen molar-refractivity contribution >= 4 is 0 Å². The minimum atomic E-state index is -0.270. The van der Waals surface area contributed by atoms with Crippen LogP contribution in [-0.2, 0) is 4.74 Å². The Morgan fingerprint density at radius 2 is 2.28 bits per heavy atom. The van der Waals surface area contributed by atoms with E-state index < -0.39 is 0 Å². The minimum Gasteiger partial charge on any atom is -0.378 e. The van der Waals surface area contributed by atoms with E-state index in [9.17, 15) is 4.39 Å². The summed E-state index contributed by atoms with van der Waals surface area (Å²) in [5.74, 6) is 0.399. The SMILES string of the molecule is CCOC1CC(CC(NC)c2cncc(F)c2)C1. The van der Waals surface area contributed by atoms with Crippen molar-refractivity contribution in [3.05, 3.63) is 29.8 Å². The zero-order valence-corrected chi connectivity index (χ0v) is 11.0. The van der Waals surface area contributed by atoms with Crippen molar-refractivity contribution in [2.75, 3.05) is 13.7 Å². The van der Waals surface area contributed by atoms with Crippen LogP contribution in [0, 0.1) is 11.7 Å². The standard InChI is InChI=1S/C14H21FN2O/c1-3-18-13-4-10(5-13)6-14(16-2)11-7-12(15)9-17-8-11/h7-10,13-14,16H,3-6H2,1-2H3. The molecule has 1 heterocycles. The second-order valence-electron chi connectivity index (χ2n) is 4.93. The fourth-order valence-corrected chi connectivity index (χ4v) is 2.61. The van der Waals surface area contributed by atoms with Crippen molar-refractivity contribution in [2.45, 2.75) is 38.3 Å². The van der Waals surface area contributed by atoms with Crippen molar-refractivity contribution in [1.29, 1.82) is 0 Å². The van der Waals surface area contributed by atoms with Crippen LogP contribution in [0.1, 0.15) is 37.8 Å². The summed E-state index contributed by atoms with van der Waals surface area (Å²) >= 11 is 0. The molecule has 2 rings (SSSR count). The van der Waals surface area contributed by atoms with Gasteiger partial charge in [0.2, 0.25) is 0 Å². The highest BCUT2D eigenvalue weighted by Crippen LogP contribution is 2.36. The highest BCUT2D eigenvalue weighted by molar-refractivity contribution is 5.15. The fraction of sp³-hybridized carbons (Fsp3) is 0.643. The molecule has 100 valence electrons. The van der Waals surface area contributed by atoms with E-state index in [1.165, 1.54) is 6.20 Å². The predicted molar refractivity (Wildman–Crippen MR) is 68.8 cm³/mol. The Hall–Kier alpha value is -1.00. The molecule has 0 aromatic carbocycles. The fourth-order valence-electron chi connectivity index (χ4n) is 2.61. The molecule has 1 aliphatic rings. The Bertz CT molecular complexity index is 380. The number of nitrogens with one attached hydrogen (secondary N) is 1. The molecule has 0 amide bonds. The highest BCUT2D eigenvalue weighted by Gasteiger charge is 2.31. The van der Waals surface area contributed by atoms with E-state index in [1.54, 1.807) is 12.3 Å². The highest BCUT2D eigenvalue weighted by atomic mass is 19.1. The average Bonchev–Trinajstić information content (AvgIpc) is 2.32. The van der Waals surface area contributed by atoms with Crippen LogP contribution in [0.4, 0.5) is 4.39 Å². The summed E-state index contributed by atoms with van der Waals surface area (Å²) in [5, 5.41) is 3.24. The Morgan fingerprint density at radius 3 is 2.89 bits per heavy atom. The quantitative estimate of drug-likeness (QED) is 0.845. The van der Waals surface area contributed by atoms with Gasteiger partial charge in [0.1, 0.15) is 5.82 Å². The lowest BCUT2D eigenvalue weighted by Crippen LogP contribution is -2.34. The lowest BCUT2D eigenvalue weighted by molar-refractivity contribution is -0.0289. The molecule has 1 N–H and O–H groups in total. The van der Waals surface area contributed by atoms with Crippen LogP contribution in [0.3, 0.4) is 0 Å². The summed E-state index contributed by atoms with van der Waals surface area (Å²) in [7, 11) is 1.91. The summed E-state index contributed by atoms with van der Waals surface area (Å²) < 4.78 is 18.7. The van der Waals surface area contributed by atoms with E-state index in [4.69, 9.17) is 4.74 Å². The van der Waals surface area contributed by atoms with E-state index >= 15 is 0 Å². The van der Waals surface area contributed by atoms with Crippen LogP contribution >= 0.6 is 0 Å². The molecular formula is C14H21FN2O. The van der Waals surface area contributed by atoms with Gasteiger partial charge in [-0.2, -0.15) is 0 Å². The van der Waals surface area contributed by atoms with Crippen LogP contribution in [0.5, 0.6) is 0 Å². The van der Waals surface area contributed by atoms with Gasteiger partial charge in [0.15, 0.2) is 0 Å². The molecule has 1 fully saturated rings. The minimum absolute atomic E-state index is 0.181. The Kier molecular flexibility index (Phi) is 4.66. The molecule has 0 aliphatic heterocycles. The van der Waals surface area contributed by atoms with E-state index in [0.29, 0.717) is 12.0 Å². The second-order valence-corrected chi connectivity index (χ2v) is 4.93. The molecule has 0 radical (unpaired) electrons. The summed E-state index contributed by atoms with van der Waals surface area (Å²) in [6.07, 6.45) is 6.67. The van der Waals surface area contributed by atoms with Gasteiger partial charge in [-0.05, 0) is 50.8 Å². The molecular weight excluding hydrogens is 231 g/mol. The summed E-state index contributed by atoms with van der Waals surface area (Å²) in [6.45, 7) is 2.82. The van der Waals surface area contributed by atoms with E-state index in [2.05, 4.69) is 10.3 Å². The number of nitrogens with zero attached hydrogens (tertiary/aromatic N) is 1. The smallest absolute Gasteiger partial charge is 0.141 e. The molecule has 0 saturated heterocycles. The molecule has 18 heavy (non-hydrogen) atoms. The Morgan fingerprint density at radius 1 is 1.50 bits per heavy atom. The maximum Gasteiger partial charge on any atom is 0.141 e. The number of hydrogen-bond acceptors (Lipinski definition) is 3. The lowest BCUT2D eigenvalue weighted by atomic mass is 9.77. The Labute approximate surface area is 108 Å². The van der Waals surface area contributed by atoms with Gasteiger partial charge in [-0.15, -0.1) is 0 Å². The third kappa shape index (κ3) is 3.27. The zero-order valence-electron chi connectivity index (χ0n) is 11.0. The number of aromatic nitrogens is 1. The van der Waals surface area contributed by atoms with Crippen molar-refractivity contribution in [3.8, 4) is 0 Å². The van der Waals surface area contributed by atoms with Gasteiger partial charge in [-0.1, -0.05) is 0 Å². The van der Waals surface area contributed by atoms with Gasteiger partial charge in [0.05, 0.1) is 12.3 Å². The van der Waals surface area contributed by atoms with Gasteiger partial charge in [-0.3, -0.25) is 4.98 Å². The molecule has 1 unspecified atom stereocenters. The van der Waals surface area contributed by atoms with Crippen LogP contribution in [0.15, 0.2) is 18.5 Å². The number of pyridine rings is 1. The summed E-state index contributed by atoms with van der Waals surface area (Å²) in [5.41, 5.74) is 0.928. The first-order valence-electron chi connectivity index (χ1n) is 6.62. The van der Waals surface area contributed by atoms with Gasteiger partial charge in [-0.25, -0.2) is 4.39 Å². The summed E-state index contributed by atoms with van der Waals surface area (Å²) in [4.78, 5) is 3.91. The maximum atomic E-state index is 13.1. The second kappa shape index (κ2) is 6.25. The molecule has 4 heteroatoms. The zero-order chi connectivity index (χ0) is 13.0. The molecule has 1 aromatic heterocycles. The molecule has 1 aliphatic carbocycles. The third-order valence-electron chi connectivity index (χ3n) is 3.64. The van der Waals surface area contributed by atoms with E-state index in [1.807, 2.05) is 14.0 Å². The molecule has 0 spiro atoms. The number of halogens is 1. The normalized spacial score (nSPS) is 24.6. The van der Waals surface area contributed by atoms with E-state index in [-0.39, 0.29) is 11.9 Å². The van der Waals surface area contributed by atoms with Crippen LogP contribution < -0.4 is 5.32 Å². The van der Waals surface area contributed by atoms with Gasteiger partial charge in [0.25, 0.3) is 0 Å². The Balaban J connectivity index is 1.87. The van der Waals surface area contributed by atoms with Crippen molar-refractivity contribution in [1.82, 2.24) is 10.3 Å². The third-order valence-corrected chi connectivity index (χ3v) is 3.64. The van der Waals surface area contributed by atoms with Crippen LogP contribution in [-0.4, -0.2) is 24.7 Å². The molecule has 1 aromatic rings. The first-order valence-corrected chi connectivity index (χ1v) is 6.62. The monoisotopic (exact) mass is 252 g/mol. The molecule has 1 atom stereocenters. The van der Waals surface area contributed by atoms with Crippen LogP contribution in [0.25, 0.3) is 0 Å². The number of rotatable bonds is 6. The van der Waals surface area contributed by atoms with E-state index in [0.717, 1.165) is 31.4 Å². The number of hydrogen-bond donors (Lipinski definition) is 1. The summed E-state index contributed by atoms with van der Waals surface area (Å²) in [6, 6.07) is 1.74. The lowest BCUT2D eigenvalue weighted by Gasteiger charge is -2.37. The molecule has 1 saturated carbocycles. The van der Waals surface area contributed by atoms with Gasteiger partial charge < -0.3 is 10.1 Å². The first kappa shape index (κ1) is 13.4. The van der Waals surface area contributed by atoms with Gasteiger partial charge in [0, 0.05) is 18.8 Å². The van der Waals surface area contributed by atoms with Crippen LogP contribution in [0.2, 0.25) is 0 Å². The topological polar surface area (TPSA) is 34.1 Å². The van der Waals surface area contributed by atoms with Gasteiger partial charge >= 0.3 is 0 Å². The molecule has 0 bridgehead atoms. The van der Waals surface area contributed by atoms with Crippen molar-refractivity contribution in [3.63, 3.8) is 0 Å². The largest absolute Gasteiger partial charge is 0.378 e. The molecule has 3 nitrogen and oxygen atoms in total. The maximum absolute atomic E-state index is 13.1. The van der Waals surface area contributed by atoms with Crippen molar-refractivity contribution < 1.29 is 9.13 Å². The predicted octanol–water partition coefficient (Wildman–Crippen LogP) is 2.69. The first-order chi connectivity index (χ1) is 8.72. The average molecular weight is 252 g/mol. The van der Waals surface area contributed by atoms with Crippen molar-refractivity contribution in [2.24, 2.45) is 5.92 Å².